The second-order valence-corrected chi connectivity index (χ2v) is 10.6. The fourth-order valence-corrected chi connectivity index (χ4v) is 5.14. The summed E-state index contributed by atoms with van der Waals surface area (Å²) in [5.74, 6) is 0.294. The number of nitrogens with zero attached hydrogens (tertiary/aromatic N) is 5. The number of aromatic nitrogens is 4. The molecule has 1 atom stereocenters. The molecule has 2 heterocycles. The van der Waals surface area contributed by atoms with Gasteiger partial charge >= 0.3 is 6.09 Å². The molecular weight excluding hydrogens is 533 g/mol. The number of allylic oxidation sites excluding steroid dienone is 2. The van der Waals surface area contributed by atoms with Gasteiger partial charge in [0, 0.05) is 31.3 Å². The minimum absolute atomic E-state index is 0.143. The van der Waals surface area contributed by atoms with Crippen molar-refractivity contribution in [2.75, 3.05) is 0 Å². The Morgan fingerprint density at radius 1 is 1.30 bits per heavy atom. The van der Waals surface area contributed by atoms with Crippen LogP contribution in [0.1, 0.15) is 68.4 Å². The fraction of sp³-hybridized carbons (Fsp3) is 0.379. The van der Waals surface area contributed by atoms with E-state index in [1.807, 2.05) is 6.92 Å². The van der Waals surface area contributed by atoms with E-state index < -0.39 is 17.9 Å². The zero-order valence-electron chi connectivity index (χ0n) is 22.6. The van der Waals surface area contributed by atoms with Gasteiger partial charge in [0.15, 0.2) is 5.65 Å². The maximum Gasteiger partial charge on any atom is 0.411 e. The van der Waals surface area contributed by atoms with Crippen molar-refractivity contribution < 1.29 is 13.9 Å². The van der Waals surface area contributed by atoms with Crippen molar-refractivity contribution in [3.05, 3.63) is 76.9 Å². The van der Waals surface area contributed by atoms with E-state index in [0.29, 0.717) is 51.7 Å². The van der Waals surface area contributed by atoms with E-state index in [1.165, 1.54) is 18.3 Å². The Morgan fingerprint density at radius 3 is 2.70 bits per heavy atom. The Hall–Kier alpha value is -3.92. The summed E-state index contributed by atoms with van der Waals surface area (Å²) in [6.07, 6.45) is 8.09. The molecule has 0 aliphatic heterocycles. The number of hydrogen-bond donors (Lipinski definition) is 2. The van der Waals surface area contributed by atoms with Crippen molar-refractivity contribution in [1.29, 1.82) is 5.41 Å². The number of nitrogens with one attached hydrogen (secondary N) is 1. The molecule has 0 spiro atoms. The van der Waals surface area contributed by atoms with Gasteiger partial charge in [0.2, 0.25) is 5.82 Å². The Kier molecular flexibility index (Phi) is 9.42. The summed E-state index contributed by atoms with van der Waals surface area (Å²) in [4.78, 5) is 29.4. The van der Waals surface area contributed by atoms with Gasteiger partial charge in [0.1, 0.15) is 17.2 Å². The number of imidazole rings is 1. The number of amides is 1. The second-order valence-electron chi connectivity index (χ2n) is 10.1. The van der Waals surface area contributed by atoms with Crippen LogP contribution in [-0.2, 0) is 17.7 Å². The third kappa shape index (κ3) is 6.80. The van der Waals surface area contributed by atoms with Crippen molar-refractivity contribution in [2.45, 2.75) is 58.4 Å². The van der Waals surface area contributed by atoms with Crippen molar-refractivity contribution in [2.24, 2.45) is 22.6 Å². The average Bonchev–Trinajstić information content (AvgIpc) is 3.29. The molecule has 1 unspecified atom stereocenters. The third-order valence-electron chi connectivity index (χ3n) is 7.23. The maximum atomic E-state index is 14.9. The van der Waals surface area contributed by atoms with Gasteiger partial charge in [-0.15, -0.1) is 0 Å². The maximum absolute atomic E-state index is 14.9. The molecule has 0 radical (unpaired) electrons. The van der Waals surface area contributed by atoms with Crippen LogP contribution in [-0.4, -0.2) is 37.7 Å². The van der Waals surface area contributed by atoms with Gasteiger partial charge in [0.25, 0.3) is 5.90 Å². The molecule has 40 heavy (non-hydrogen) atoms. The summed E-state index contributed by atoms with van der Waals surface area (Å²) in [5.41, 5.74) is 7.14. The van der Waals surface area contributed by atoms with Crippen molar-refractivity contribution in [3.63, 3.8) is 0 Å². The first-order chi connectivity index (χ1) is 19.2. The van der Waals surface area contributed by atoms with Crippen LogP contribution in [0, 0.1) is 23.1 Å². The highest BCUT2D eigenvalue weighted by Crippen LogP contribution is 2.34. The first-order valence-corrected chi connectivity index (χ1v) is 13.6. The lowest BCUT2D eigenvalue weighted by atomic mass is 9.83. The van der Waals surface area contributed by atoms with E-state index in [-0.39, 0.29) is 18.1 Å². The highest BCUT2D eigenvalue weighted by Gasteiger charge is 2.28. The molecule has 1 aliphatic rings. The number of carbonyl (C=O) groups is 1. The Balaban J connectivity index is 1.88. The molecule has 1 amide bonds. The van der Waals surface area contributed by atoms with E-state index >= 15 is 0 Å². The summed E-state index contributed by atoms with van der Waals surface area (Å²) >= 11 is 5.98. The van der Waals surface area contributed by atoms with E-state index in [1.54, 1.807) is 24.4 Å². The molecule has 4 rings (SSSR count). The van der Waals surface area contributed by atoms with Gasteiger partial charge in [-0.2, -0.15) is 0 Å². The summed E-state index contributed by atoms with van der Waals surface area (Å²) in [6, 6.07) is 6.65. The van der Waals surface area contributed by atoms with Crippen LogP contribution in [0.25, 0.3) is 11.2 Å². The largest absolute Gasteiger partial charge is 0.411 e. The van der Waals surface area contributed by atoms with Crippen LogP contribution in [0.4, 0.5) is 9.18 Å². The molecule has 1 saturated carbocycles. The smallest absolute Gasteiger partial charge is 0.388 e. The summed E-state index contributed by atoms with van der Waals surface area (Å²) in [6.45, 7) is 8.46. The first-order valence-electron chi connectivity index (χ1n) is 13.2. The number of benzene rings is 1. The number of nitrogens with two attached hydrogens (primary N) is 1. The lowest BCUT2D eigenvalue weighted by Crippen LogP contribution is -2.22. The van der Waals surface area contributed by atoms with Crippen molar-refractivity contribution >= 4 is 41.0 Å². The number of carbonyl (C=O) groups excluding carboxylic acids is 1. The van der Waals surface area contributed by atoms with Crippen LogP contribution in [0.2, 0.25) is 0 Å². The predicted molar refractivity (Wildman–Crippen MR) is 154 cm³/mol. The van der Waals surface area contributed by atoms with Gasteiger partial charge in [0.05, 0.1) is 10.7 Å². The molecule has 0 saturated heterocycles. The zero-order chi connectivity index (χ0) is 28.8. The summed E-state index contributed by atoms with van der Waals surface area (Å²) in [7, 11) is 0. The average molecular weight is 566 g/mol. The predicted octanol–water partition coefficient (Wildman–Crippen LogP) is 6.24. The number of primary amides is 1. The fourth-order valence-electron chi connectivity index (χ4n) is 5.08. The number of aliphatic imine (C=N–C) groups is 1. The molecule has 1 fully saturated rings. The van der Waals surface area contributed by atoms with Crippen molar-refractivity contribution in [1.82, 2.24) is 19.5 Å². The molecule has 210 valence electrons. The Bertz CT molecular complexity index is 1470. The molecule has 9 nitrogen and oxygen atoms in total. The molecule has 3 N–H and O–H groups in total. The SMILES string of the molecule is C=C/C(Cl)=C\N=C/Cc1nc(C(=N)OC(N)=O)nc2nc(C(C)c3ccccc3F)n(C[C@H]3CC[C@H](C)CC3)c12. The molecule has 1 aliphatic carbocycles. The van der Waals surface area contributed by atoms with Crippen LogP contribution < -0.4 is 5.73 Å². The number of ether oxygens (including phenoxy) is 1. The minimum atomic E-state index is -1.15. The molecule has 1 aromatic carbocycles. The van der Waals surface area contributed by atoms with E-state index in [2.05, 4.69) is 33.0 Å². The summed E-state index contributed by atoms with van der Waals surface area (Å²) < 4.78 is 21.7. The van der Waals surface area contributed by atoms with E-state index in [4.69, 9.17) is 32.5 Å². The van der Waals surface area contributed by atoms with E-state index in [9.17, 15) is 9.18 Å². The van der Waals surface area contributed by atoms with Gasteiger partial charge in [-0.25, -0.2) is 24.1 Å². The number of hydrogen-bond acceptors (Lipinski definition) is 7. The second kappa shape index (κ2) is 13.0. The minimum Gasteiger partial charge on any atom is -0.388 e. The number of halogens is 2. The topological polar surface area (TPSA) is 132 Å². The molecular formula is C29H33ClFN7O2. The van der Waals surface area contributed by atoms with Gasteiger partial charge in [-0.3, -0.25) is 10.4 Å². The zero-order valence-corrected chi connectivity index (χ0v) is 23.4. The van der Waals surface area contributed by atoms with Crippen molar-refractivity contribution in [3.8, 4) is 0 Å². The van der Waals surface area contributed by atoms with Gasteiger partial charge in [-0.1, -0.05) is 63.1 Å². The highest BCUT2D eigenvalue weighted by molar-refractivity contribution is 6.31. The lowest BCUT2D eigenvalue weighted by molar-refractivity contribution is 0.207. The monoisotopic (exact) mass is 565 g/mol. The Labute approximate surface area is 237 Å². The quantitative estimate of drug-likeness (QED) is 0.180. The van der Waals surface area contributed by atoms with Crippen LogP contribution in [0.3, 0.4) is 0 Å². The first kappa shape index (κ1) is 29.1. The van der Waals surface area contributed by atoms with Crippen LogP contribution >= 0.6 is 11.6 Å². The van der Waals surface area contributed by atoms with Crippen LogP contribution in [0.15, 0.2) is 53.1 Å². The van der Waals surface area contributed by atoms with Crippen LogP contribution in [0.5, 0.6) is 0 Å². The highest BCUT2D eigenvalue weighted by atomic mass is 35.5. The normalized spacial score (nSPS) is 18.6. The number of rotatable bonds is 9. The molecule has 0 bridgehead atoms. The van der Waals surface area contributed by atoms with E-state index in [0.717, 1.165) is 25.7 Å². The van der Waals surface area contributed by atoms with Gasteiger partial charge in [-0.05, 0) is 42.4 Å². The number of fused-ring (bicyclic) bond motifs is 1. The molecule has 2 aromatic heterocycles. The Morgan fingerprint density at radius 2 is 2.02 bits per heavy atom. The van der Waals surface area contributed by atoms with Gasteiger partial charge < -0.3 is 15.0 Å². The lowest BCUT2D eigenvalue weighted by Gasteiger charge is -2.28. The molecule has 3 aromatic rings. The standard InChI is InChI=1S/C29H33ClFN7O2/c1-4-20(30)15-34-14-13-23-24-26(36-27(35-23)25(32)40-29(33)39)37-28(18(3)21-7-5-6-8-22(21)31)38(24)16-19-11-9-17(2)10-12-19/h4-8,14-15,17-19,32H,1,9-13,16H2,2-3H3,(H2,33,39)/b20-15+,32-25?,34-14-/t17-,18?,19-. The summed E-state index contributed by atoms with van der Waals surface area (Å²) in [5, 5.41) is 8.53. The third-order valence-corrected chi connectivity index (χ3v) is 7.48. The molecule has 11 heteroatoms.